The second kappa shape index (κ2) is 12.6. The Morgan fingerprint density at radius 2 is 2.09 bits per heavy atom. The molecule has 228 valence electrons. The van der Waals surface area contributed by atoms with Crippen LogP contribution in [0.3, 0.4) is 0 Å². The van der Waals surface area contributed by atoms with Gasteiger partial charge in [0.25, 0.3) is 5.91 Å². The standard InChI is InChI=1S/C32H40ClN7O3/c1-3-26-21-38(31(42)40-15-11-22-18-24(33)7-8-27(22)40)16-17-39(26)28-9-12-32(43-4-2,23-6-5-13-34-19-23)37-29(28)30(41)36-25-10-14-35-20-25/h5-9,12-13,18-19,25-26,35,37H,3-4,10-11,14-17,20-21H2,1-2H3,(H,36,41)/t25-,26-,32?/m1/s1. The van der Waals surface area contributed by atoms with Crippen molar-refractivity contribution >= 4 is 29.2 Å². The van der Waals surface area contributed by atoms with Crippen molar-refractivity contribution < 1.29 is 14.3 Å². The average molecular weight is 606 g/mol. The molecule has 2 fully saturated rings. The number of allylic oxidation sites excluding steroid dienone is 1. The Kier molecular flexibility index (Phi) is 8.61. The Morgan fingerprint density at radius 1 is 1.21 bits per heavy atom. The minimum absolute atomic E-state index is 0.0177. The fraction of sp³-hybridized carbons (Fsp3) is 0.469. The molecule has 3 atom stereocenters. The van der Waals surface area contributed by atoms with E-state index in [4.69, 9.17) is 16.3 Å². The molecule has 4 aliphatic rings. The molecule has 3 N–H and O–H groups in total. The number of urea groups is 1. The molecule has 43 heavy (non-hydrogen) atoms. The Balaban J connectivity index is 1.27. The van der Waals surface area contributed by atoms with E-state index in [2.05, 4.69) is 32.8 Å². The number of carbonyl (C=O) groups excluding carboxylic acids is 2. The van der Waals surface area contributed by atoms with Gasteiger partial charge in [-0.3, -0.25) is 14.7 Å². The summed E-state index contributed by atoms with van der Waals surface area (Å²) in [5.41, 5.74) is 3.11. The second-order valence-electron chi connectivity index (χ2n) is 11.5. The number of hydrogen-bond acceptors (Lipinski definition) is 7. The zero-order valence-corrected chi connectivity index (χ0v) is 25.6. The molecular weight excluding hydrogens is 566 g/mol. The van der Waals surface area contributed by atoms with Crippen molar-refractivity contribution in [1.82, 2.24) is 30.7 Å². The number of carbonyl (C=O) groups is 2. The molecule has 0 radical (unpaired) electrons. The van der Waals surface area contributed by atoms with Gasteiger partial charge in [-0.15, -0.1) is 0 Å². The van der Waals surface area contributed by atoms with Crippen LogP contribution in [0, 0.1) is 0 Å². The van der Waals surface area contributed by atoms with Gasteiger partial charge in [-0.2, -0.15) is 0 Å². The first-order valence-corrected chi connectivity index (χ1v) is 15.7. The molecule has 3 amide bonds. The van der Waals surface area contributed by atoms with E-state index in [1.165, 1.54) is 0 Å². The van der Waals surface area contributed by atoms with E-state index in [1.807, 2.05) is 59.2 Å². The fourth-order valence-electron chi connectivity index (χ4n) is 6.60. The molecule has 0 saturated carbocycles. The van der Waals surface area contributed by atoms with Crippen molar-refractivity contribution in [3.8, 4) is 0 Å². The van der Waals surface area contributed by atoms with Crippen molar-refractivity contribution in [3.63, 3.8) is 0 Å². The SMILES string of the molecule is CCOC1(c2cccnc2)C=CC(N2CCN(C(=O)N3CCc4cc(Cl)ccc43)C[C@H]2CC)=C(C(=O)N[C@@H]2CCNC2)N1. The third-order valence-electron chi connectivity index (χ3n) is 8.83. The van der Waals surface area contributed by atoms with Gasteiger partial charge in [0.15, 0.2) is 5.72 Å². The highest BCUT2D eigenvalue weighted by Gasteiger charge is 2.41. The summed E-state index contributed by atoms with van der Waals surface area (Å²) in [4.78, 5) is 38.1. The summed E-state index contributed by atoms with van der Waals surface area (Å²) in [5, 5.41) is 10.7. The maximum atomic E-state index is 13.9. The smallest absolute Gasteiger partial charge is 0.324 e. The van der Waals surface area contributed by atoms with Gasteiger partial charge < -0.3 is 30.5 Å². The van der Waals surface area contributed by atoms with Crippen molar-refractivity contribution in [2.75, 3.05) is 50.8 Å². The van der Waals surface area contributed by atoms with E-state index in [1.54, 1.807) is 12.4 Å². The van der Waals surface area contributed by atoms with Crippen LogP contribution in [0.4, 0.5) is 10.5 Å². The van der Waals surface area contributed by atoms with Crippen molar-refractivity contribution in [2.24, 2.45) is 0 Å². The molecule has 5 heterocycles. The van der Waals surface area contributed by atoms with Gasteiger partial charge in [0, 0.05) is 80.1 Å². The summed E-state index contributed by atoms with van der Waals surface area (Å²) in [6.45, 7) is 8.49. The van der Waals surface area contributed by atoms with Gasteiger partial charge >= 0.3 is 6.03 Å². The first-order valence-electron chi connectivity index (χ1n) is 15.3. The molecule has 0 bridgehead atoms. The lowest BCUT2D eigenvalue weighted by molar-refractivity contribution is -0.120. The van der Waals surface area contributed by atoms with Crippen LogP contribution >= 0.6 is 11.6 Å². The lowest BCUT2D eigenvalue weighted by Gasteiger charge is -2.46. The van der Waals surface area contributed by atoms with E-state index < -0.39 is 5.72 Å². The van der Waals surface area contributed by atoms with Gasteiger partial charge in [-0.1, -0.05) is 24.6 Å². The van der Waals surface area contributed by atoms with Crippen LogP contribution in [0.25, 0.3) is 0 Å². The number of ether oxygens (including phenoxy) is 1. The lowest BCUT2D eigenvalue weighted by atomic mass is 9.97. The van der Waals surface area contributed by atoms with Crippen LogP contribution in [-0.2, 0) is 21.7 Å². The molecule has 0 spiro atoms. The summed E-state index contributed by atoms with van der Waals surface area (Å²) >= 11 is 6.20. The molecule has 4 aliphatic heterocycles. The van der Waals surface area contributed by atoms with Crippen LogP contribution in [0.1, 0.15) is 37.8 Å². The molecule has 6 rings (SSSR count). The maximum Gasteiger partial charge on any atom is 0.324 e. The Morgan fingerprint density at radius 3 is 2.84 bits per heavy atom. The van der Waals surface area contributed by atoms with Gasteiger partial charge in [0.2, 0.25) is 0 Å². The number of halogens is 1. The number of nitrogens with zero attached hydrogens (tertiary/aromatic N) is 4. The third kappa shape index (κ3) is 5.83. The second-order valence-corrected chi connectivity index (χ2v) is 11.9. The minimum atomic E-state index is -1.03. The topological polar surface area (TPSA) is 102 Å². The highest BCUT2D eigenvalue weighted by molar-refractivity contribution is 6.30. The average Bonchev–Trinajstić information content (AvgIpc) is 3.71. The summed E-state index contributed by atoms with van der Waals surface area (Å²) in [5.74, 6) is -0.165. The number of aromatic nitrogens is 1. The van der Waals surface area contributed by atoms with Crippen LogP contribution in [0.15, 0.2) is 66.3 Å². The normalized spacial score (nSPS) is 25.1. The largest absolute Gasteiger partial charge is 0.363 e. The fourth-order valence-corrected chi connectivity index (χ4v) is 6.79. The minimum Gasteiger partial charge on any atom is -0.363 e. The van der Waals surface area contributed by atoms with Gasteiger partial charge in [0.1, 0.15) is 5.70 Å². The van der Waals surface area contributed by atoms with E-state index in [-0.39, 0.29) is 24.0 Å². The summed E-state index contributed by atoms with van der Waals surface area (Å²) in [6, 6.07) is 9.66. The molecule has 1 aromatic carbocycles. The number of piperazine rings is 1. The quantitative estimate of drug-likeness (QED) is 0.445. The number of anilines is 1. The molecule has 2 aromatic rings. The van der Waals surface area contributed by atoms with Crippen molar-refractivity contribution in [2.45, 2.75) is 50.9 Å². The van der Waals surface area contributed by atoms with Crippen molar-refractivity contribution in [3.05, 3.63) is 82.4 Å². The molecule has 11 heteroatoms. The Bertz CT molecular complexity index is 1410. The summed E-state index contributed by atoms with van der Waals surface area (Å²) in [6.07, 6.45) is 9.96. The van der Waals surface area contributed by atoms with E-state index >= 15 is 0 Å². The number of pyridine rings is 1. The number of benzene rings is 1. The van der Waals surface area contributed by atoms with Crippen LogP contribution in [0.5, 0.6) is 0 Å². The predicted octanol–water partition coefficient (Wildman–Crippen LogP) is 3.35. The van der Waals surface area contributed by atoms with E-state index in [9.17, 15) is 9.59 Å². The zero-order valence-electron chi connectivity index (χ0n) is 24.8. The maximum absolute atomic E-state index is 13.9. The first kappa shape index (κ1) is 29.5. The Hall–Kier alpha value is -3.60. The van der Waals surface area contributed by atoms with Gasteiger partial charge in [-0.05, 0) is 74.7 Å². The highest BCUT2D eigenvalue weighted by atomic mass is 35.5. The summed E-state index contributed by atoms with van der Waals surface area (Å²) < 4.78 is 6.29. The summed E-state index contributed by atoms with van der Waals surface area (Å²) in [7, 11) is 0. The first-order chi connectivity index (χ1) is 20.9. The number of hydrogen-bond donors (Lipinski definition) is 3. The lowest BCUT2D eigenvalue weighted by Crippen LogP contribution is -2.58. The number of rotatable bonds is 7. The molecular formula is C32H40ClN7O3. The third-order valence-corrected chi connectivity index (χ3v) is 9.06. The van der Waals surface area contributed by atoms with E-state index in [0.29, 0.717) is 43.5 Å². The Labute approximate surface area is 258 Å². The monoisotopic (exact) mass is 605 g/mol. The molecule has 0 aliphatic carbocycles. The number of nitrogens with one attached hydrogen (secondary N) is 3. The number of amides is 3. The molecule has 10 nitrogen and oxygen atoms in total. The zero-order chi connectivity index (χ0) is 30.0. The van der Waals surface area contributed by atoms with Gasteiger partial charge in [0.05, 0.1) is 5.70 Å². The van der Waals surface area contributed by atoms with Crippen LogP contribution in [-0.4, -0.2) is 84.7 Å². The number of dihydropyridines is 1. The van der Waals surface area contributed by atoms with Crippen molar-refractivity contribution in [1.29, 1.82) is 0 Å². The number of fused-ring (bicyclic) bond motifs is 1. The molecule has 1 unspecified atom stereocenters. The molecule has 2 saturated heterocycles. The predicted molar refractivity (Wildman–Crippen MR) is 167 cm³/mol. The van der Waals surface area contributed by atoms with E-state index in [0.717, 1.165) is 54.9 Å². The highest BCUT2D eigenvalue weighted by Crippen LogP contribution is 2.35. The van der Waals surface area contributed by atoms with Gasteiger partial charge in [-0.25, -0.2) is 4.79 Å². The van der Waals surface area contributed by atoms with Crippen LogP contribution in [0.2, 0.25) is 5.02 Å². The molecule has 1 aromatic heterocycles. The van der Waals surface area contributed by atoms with Crippen LogP contribution < -0.4 is 20.9 Å².